The van der Waals surface area contributed by atoms with Gasteiger partial charge in [-0.2, -0.15) is 0 Å². The van der Waals surface area contributed by atoms with Crippen molar-refractivity contribution in [2.75, 3.05) is 13.1 Å². The van der Waals surface area contributed by atoms with E-state index in [9.17, 15) is 9.18 Å². The SMILES string of the molecule is Cn1c(C2CCN(C(=O)Cc3ccccc3F)C2)nc2ccncc21. The first-order chi connectivity index (χ1) is 12.1. The second-order valence-electron chi connectivity index (χ2n) is 6.49. The van der Waals surface area contributed by atoms with Crippen molar-refractivity contribution < 1.29 is 9.18 Å². The van der Waals surface area contributed by atoms with Crippen molar-refractivity contribution in [2.45, 2.75) is 18.8 Å². The predicted octanol–water partition coefficient (Wildman–Crippen LogP) is 2.67. The molecule has 25 heavy (non-hydrogen) atoms. The number of halogens is 1. The lowest BCUT2D eigenvalue weighted by molar-refractivity contribution is -0.129. The maximum Gasteiger partial charge on any atom is 0.227 e. The van der Waals surface area contributed by atoms with Crippen molar-refractivity contribution in [1.29, 1.82) is 0 Å². The molecule has 1 aromatic carbocycles. The summed E-state index contributed by atoms with van der Waals surface area (Å²) >= 11 is 0. The van der Waals surface area contributed by atoms with Gasteiger partial charge in [-0.15, -0.1) is 0 Å². The van der Waals surface area contributed by atoms with Crippen LogP contribution >= 0.6 is 0 Å². The average molecular weight is 338 g/mol. The molecule has 2 aromatic heterocycles. The molecule has 1 unspecified atom stereocenters. The number of nitrogens with zero attached hydrogens (tertiary/aromatic N) is 4. The smallest absolute Gasteiger partial charge is 0.227 e. The van der Waals surface area contributed by atoms with Gasteiger partial charge in [0.2, 0.25) is 5.91 Å². The summed E-state index contributed by atoms with van der Waals surface area (Å²) < 4.78 is 15.8. The summed E-state index contributed by atoms with van der Waals surface area (Å²) in [6.07, 6.45) is 4.51. The van der Waals surface area contributed by atoms with E-state index < -0.39 is 0 Å². The number of carbonyl (C=O) groups excluding carboxylic acids is 1. The number of rotatable bonds is 3. The van der Waals surface area contributed by atoms with Crippen molar-refractivity contribution in [3.63, 3.8) is 0 Å². The van der Waals surface area contributed by atoms with Gasteiger partial charge >= 0.3 is 0 Å². The topological polar surface area (TPSA) is 51.0 Å². The van der Waals surface area contributed by atoms with Gasteiger partial charge in [-0.1, -0.05) is 18.2 Å². The molecule has 3 aromatic rings. The van der Waals surface area contributed by atoms with Crippen molar-refractivity contribution in [3.05, 3.63) is 59.9 Å². The molecule has 0 saturated carbocycles. The Balaban J connectivity index is 1.50. The first-order valence-electron chi connectivity index (χ1n) is 8.41. The lowest BCUT2D eigenvalue weighted by Crippen LogP contribution is -2.30. The minimum Gasteiger partial charge on any atom is -0.342 e. The standard InChI is InChI=1S/C19H19FN4O/c1-23-17-11-21-8-6-16(17)22-19(23)14-7-9-24(12-14)18(25)10-13-4-2-3-5-15(13)20/h2-6,8,11,14H,7,9-10,12H2,1H3. The molecule has 3 heterocycles. The van der Waals surface area contributed by atoms with Crippen LogP contribution in [0.4, 0.5) is 4.39 Å². The lowest BCUT2D eigenvalue weighted by Gasteiger charge is -2.17. The van der Waals surface area contributed by atoms with E-state index in [1.54, 1.807) is 24.4 Å². The van der Waals surface area contributed by atoms with Crippen LogP contribution in [0.15, 0.2) is 42.7 Å². The molecule has 5 nitrogen and oxygen atoms in total. The zero-order valence-corrected chi connectivity index (χ0v) is 14.0. The van der Waals surface area contributed by atoms with E-state index in [0.717, 1.165) is 23.3 Å². The van der Waals surface area contributed by atoms with Crippen LogP contribution in [0.1, 0.15) is 23.7 Å². The van der Waals surface area contributed by atoms with Crippen LogP contribution in [-0.2, 0) is 18.3 Å². The summed E-state index contributed by atoms with van der Waals surface area (Å²) in [4.78, 5) is 23.2. The Bertz CT molecular complexity index is 936. The van der Waals surface area contributed by atoms with Crippen LogP contribution in [-0.4, -0.2) is 38.4 Å². The van der Waals surface area contributed by atoms with Crippen LogP contribution in [0, 0.1) is 5.82 Å². The number of pyridine rings is 1. The molecule has 1 fully saturated rings. The van der Waals surface area contributed by atoms with Crippen molar-refractivity contribution >= 4 is 16.9 Å². The van der Waals surface area contributed by atoms with E-state index in [1.165, 1.54) is 6.07 Å². The molecule has 1 amide bonds. The summed E-state index contributed by atoms with van der Waals surface area (Å²) in [7, 11) is 1.98. The Kier molecular flexibility index (Phi) is 3.95. The summed E-state index contributed by atoms with van der Waals surface area (Å²) in [5.74, 6) is 0.814. The monoisotopic (exact) mass is 338 g/mol. The molecule has 1 aliphatic rings. The van der Waals surface area contributed by atoms with Crippen LogP contribution in [0.3, 0.4) is 0 Å². The van der Waals surface area contributed by atoms with E-state index in [1.807, 2.05) is 24.2 Å². The molecule has 0 radical (unpaired) electrons. The fourth-order valence-electron chi connectivity index (χ4n) is 3.53. The Morgan fingerprint density at radius 1 is 1.32 bits per heavy atom. The Hall–Kier alpha value is -2.76. The lowest BCUT2D eigenvalue weighted by atomic mass is 10.1. The van der Waals surface area contributed by atoms with Crippen molar-refractivity contribution in [2.24, 2.45) is 7.05 Å². The number of hydrogen-bond donors (Lipinski definition) is 0. The second kappa shape index (κ2) is 6.27. The number of benzene rings is 1. The molecule has 0 spiro atoms. The third-order valence-corrected chi connectivity index (χ3v) is 4.92. The van der Waals surface area contributed by atoms with E-state index in [4.69, 9.17) is 4.98 Å². The minimum atomic E-state index is -0.325. The Morgan fingerprint density at radius 2 is 2.16 bits per heavy atom. The van der Waals surface area contributed by atoms with Gasteiger partial charge in [0, 0.05) is 32.3 Å². The van der Waals surface area contributed by atoms with Crippen molar-refractivity contribution in [1.82, 2.24) is 19.4 Å². The number of aryl methyl sites for hydroxylation is 1. The third-order valence-electron chi connectivity index (χ3n) is 4.92. The minimum absolute atomic E-state index is 0.0342. The molecular weight excluding hydrogens is 319 g/mol. The summed E-state index contributed by atoms with van der Waals surface area (Å²) in [5, 5.41) is 0. The largest absolute Gasteiger partial charge is 0.342 e. The molecular formula is C19H19FN4O. The van der Waals surface area contributed by atoms with Crippen molar-refractivity contribution in [3.8, 4) is 0 Å². The molecule has 0 N–H and O–H groups in total. The van der Waals surface area contributed by atoms with Gasteiger partial charge in [0.25, 0.3) is 0 Å². The average Bonchev–Trinajstić information content (AvgIpc) is 3.22. The van der Waals surface area contributed by atoms with Crippen LogP contribution < -0.4 is 0 Å². The number of amides is 1. The molecule has 0 bridgehead atoms. The summed E-state index contributed by atoms with van der Waals surface area (Å²) in [6.45, 7) is 1.30. The van der Waals surface area contributed by atoms with Gasteiger partial charge in [-0.05, 0) is 24.1 Å². The zero-order chi connectivity index (χ0) is 17.4. The maximum absolute atomic E-state index is 13.8. The second-order valence-corrected chi connectivity index (χ2v) is 6.49. The van der Waals surface area contributed by atoms with Crippen LogP contribution in [0.25, 0.3) is 11.0 Å². The van der Waals surface area contributed by atoms with Gasteiger partial charge in [-0.25, -0.2) is 9.37 Å². The van der Waals surface area contributed by atoms with Crippen LogP contribution in [0.2, 0.25) is 0 Å². The van der Waals surface area contributed by atoms with Crippen LogP contribution in [0.5, 0.6) is 0 Å². The van der Waals surface area contributed by atoms with Gasteiger partial charge in [0.05, 0.1) is 23.7 Å². The molecule has 1 aliphatic heterocycles. The molecule has 1 atom stereocenters. The highest BCUT2D eigenvalue weighted by atomic mass is 19.1. The first-order valence-corrected chi connectivity index (χ1v) is 8.41. The number of aromatic nitrogens is 3. The molecule has 0 aliphatic carbocycles. The van der Waals surface area contributed by atoms with Gasteiger partial charge in [0.1, 0.15) is 11.6 Å². The highest BCUT2D eigenvalue weighted by Crippen LogP contribution is 2.29. The number of carbonyl (C=O) groups is 1. The van der Waals surface area contributed by atoms with Gasteiger partial charge in [-0.3, -0.25) is 9.78 Å². The first kappa shape index (κ1) is 15.7. The summed E-state index contributed by atoms with van der Waals surface area (Å²) in [6, 6.07) is 8.35. The molecule has 1 saturated heterocycles. The predicted molar refractivity (Wildman–Crippen MR) is 92.6 cm³/mol. The highest BCUT2D eigenvalue weighted by molar-refractivity contribution is 5.79. The Labute approximate surface area is 145 Å². The number of imidazole rings is 1. The van der Waals surface area contributed by atoms with E-state index in [-0.39, 0.29) is 24.1 Å². The fourth-order valence-corrected chi connectivity index (χ4v) is 3.53. The normalized spacial score (nSPS) is 17.4. The number of likely N-dealkylation sites (tertiary alicyclic amines) is 1. The fraction of sp³-hybridized carbons (Fsp3) is 0.316. The molecule has 128 valence electrons. The quantitative estimate of drug-likeness (QED) is 0.738. The molecule has 6 heteroatoms. The van der Waals surface area contributed by atoms with E-state index >= 15 is 0 Å². The van der Waals surface area contributed by atoms with Gasteiger partial charge in [0.15, 0.2) is 0 Å². The van der Waals surface area contributed by atoms with Gasteiger partial charge < -0.3 is 9.47 Å². The number of hydrogen-bond acceptors (Lipinski definition) is 3. The maximum atomic E-state index is 13.8. The third kappa shape index (κ3) is 2.88. The van der Waals surface area contributed by atoms with E-state index in [2.05, 4.69) is 9.55 Å². The Morgan fingerprint density at radius 3 is 2.96 bits per heavy atom. The number of fused-ring (bicyclic) bond motifs is 1. The highest BCUT2D eigenvalue weighted by Gasteiger charge is 2.30. The molecule has 4 rings (SSSR count). The van der Waals surface area contributed by atoms with E-state index in [0.29, 0.717) is 18.7 Å². The zero-order valence-electron chi connectivity index (χ0n) is 14.0. The summed E-state index contributed by atoms with van der Waals surface area (Å²) in [5.41, 5.74) is 2.36.